The molecule has 0 saturated carbocycles. The van der Waals surface area contributed by atoms with Gasteiger partial charge in [-0.2, -0.15) is 13.8 Å². The zero-order chi connectivity index (χ0) is 19.8. The number of fused-ring (bicyclic) bond motifs is 2. The highest BCUT2D eigenvalue weighted by Crippen LogP contribution is 2.21. The van der Waals surface area contributed by atoms with E-state index in [9.17, 15) is 9.59 Å². The molecule has 0 spiro atoms. The summed E-state index contributed by atoms with van der Waals surface area (Å²) in [6, 6.07) is 14.8. The van der Waals surface area contributed by atoms with Gasteiger partial charge in [-0.05, 0) is 24.3 Å². The van der Waals surface area contributed by atoms with Crippen molar-refractivity contribution in [3.63, 3.8) is 0 Å². The second kappa shape index (κ2) is 6.91. The van der Waals surface area contributed by atoms with Crippen LogP contribution in [0, 0.1) is 0 Å². The lowest BCUT2D eigenvalue weighted by molar-refractivity contribution is -0.116. The summed E-state index contributed by atoms with van der Waals surface area (Å²) in [5.41, 5.74) is 2.80. The lowest BCUT2D eigenvalue weighted by Crippen LogP contribution is -2.27. The Morgan fingerprint density at radius 1 is 1.07 bits per heavy atom. The Labute approximate surface area is 167 Å². The number of hydrogen-bond acceptors (Lipinski definition) is 7. The smallest absolute Gasteiger partial charge is 0.264 e. The van der Waals surface area contributed by atoms with Gasteiger partial charge in [-0.1, -0.05) is 24.3 Å². The van der Waals surface area contributed by atoms with Crippen LogP contribution in [0.3, 0.4) is 0 Å². The van der Waals surface area contributed by atoms with E-state index in [-0.39, 0.29) is 18.0 Å². The maximum Gasteiger partial charge on any atom is 0.264 e. The van der Waals surface area contributed by atoms with Gasteiger partial charge in [0.2, 0.25) is 5.91 Å². The summed E-state index contributed by atoms with van der Waals surface area (Å²) in [6.07, 6.45) is 2.82. The lowest BCUT2D eigenvalue weighted by Gasteiger charge is -2.08. The molecule has 142 valence electrons. The first kappa shape index (κ1) is 17.2. The molecule has 29 heavy (non-hydrogen) atoms. The van der Waals surface area contributed by atoms with Crippen LogP contribution in [-0.4, -0.2) is 34.0 Å². The van der Waals surface area contributed by atoms with Crippen LogP contribution in [0.5, 0.6) is 0 Å². The quantitative estimate of drug-likeness (QED) is 0.493. The van der Waals surface area contributed by atoms with Crippen molar-refractivity contribution in [3.05, 3.63) is 71.4 Å². The number of rotatable bonds is 4. The molecule has 9 nitrogen and oxygen atoms in total. The third-order valence-electron chi connectivity index (χ3n) is 4.43. The van der Waals surface area contributed by atoms with Gasteiger partial charge in [0.15, 0.2) is 5.65 Å². The minimum atomic E-state index is -0.357. The molecule has 0 bridgehead atoms. The minimum absolute atomic E-state index is 0.174. The van der Waals surface area contributed by atoms with E-state index in [1.165, 1.54) is 17.1 Å². The van der Waals surface area contributed by atoms with Crippen LogP contribution >= 0.6 is 11.7 Å². The van der Waals surface area contributed by atoms with Crippen LogP contribution in [0.25, 0.3) is 27.8 Å². The van der Waals surface area contributed by atoms with E-state index in [0.29, 0.717) is 27.8 Å². The molecule has 0 aliphatic carbocycles. The zero-order valence-corrected chi connectivity index (χ0v) is 15.7. The number of nitrogens with zero attached hydrogens (tertiary/aromatic N) is 6. The number of nitrogens with one attached hydrogen (secondary N) is 1. The summed E-state index contributed by atoms with van der Waals surface area (Å²) in [6.45, 7) is -0.174. The van der Waals surface area contributed by atoms with Crippen LogP contribution in [0.4, 0.5) is 5.69 Å². The molecule has 10 heteroatoms. The van der Waals surface area contributed by atoms with Crippen molar-refractivity contribution in [2.45, 2.75) is 6.54 Å². The Balaban J connectivity index is 1.44. The van der Waals surface area contributed by atoms with Crippen LogP contribution in [0.15, 0.2) is 65.8 Å². The Morgan fingerprint density at radius 2 is 1.93 bits per heavy atom. The molecule has 1 amide bonds. The molecular weight excluding hydrogens is 390 g/mol. The van der Waals surface area contributed by atoms with Crippen LogP contribution < -0.4 is 10.9 Å². The third kappa shape index (κ3) is 3.05. The van der Waals surface area contributed by atoms with E-state index < -0.39 is 0 Å². The summed E-state index contributed by atoms with van der Waals surface area (Å²) in [7, 11) is 0. The number of amides is 1. The van der Waals surface area contributed by atoms with Crippen LogP contribution in [0.2, 0.25) is 0 Å². The van der Waals surface area contributed by atoms with Gasteiger partial charge in [0.25, 0.3) is 5.56 Å². The summed E-state index contributed by atoms with van der Waals surface area (Å²) < 4.78 is 11.2. The average Bonchev–Trinajstić information content (AvgIpc) is 3.39. The molecule has 5 rings (SSSR count). The van der Waals surface area contributed by atoms with Gasteiger partial charge in [0, 0.05) is 0 Å². The first-order valence-electron chi connectivity index (χ1n) is 8.70. The first-order chi connectivity index (χ1) is 14.2. The maximum absolute atomic E-state index is 12.8. The summed E-state index contributed by atoms with van der Waals surface area (Å²) >= 11 is 1.08. The van der Waals surface area contributed by atoms with Crippen molar-refractivity contribution in [2.24, 2.45) is 0 Å². The number of carbonyl (C=O) groups is 1. The molecule has 0 unspecified atom stereocenters. The Kier molecular flexibility index (Phi) is 4.10. The zero-order valence-electron chi connectivity index (χ0n) is 14.9. The Bertz CT molecular complexity index is 1400. The molecule has 0 aliphatic heterocycles. The summed E-state index contributed by atoms with van der Waals surface area (Å²) in [5, 5.41) is 7.39. The fraction of sp³-hybridized carbons (Fsp3) is 0.0526. The summed E-state index contributed by atoms with van der Waals surface area (Å²) in [5.74, 6) is -0.357. The molecule has 3 aromatic heterocycles. The second-order valence-electron chi connectivity index (χ2n) is 6.29. The fourth-order valence-electron chi connectivity index (χ4n) is 3.07. The number of anilines is 1. The number of para-hydroxylation sites is 1. The van der Waals surface area contributed by atoms with Crippen LogP contribution in [-0.2, 0) is 11.3 Å². The molecule has 0 atom stereocenters. The molecule has 1 N–H and O–H groups in total. The molecule has 0 radical (unpaired) electrons. The van der Waals surface area contributed by atoms with E-state index in [4.69, 9.17) is 0 Å². The van der Waals surface area contributed by atoms with Gasteiger partial charge in [-0.25, -0.2) is 9.67 Å². The summed E-state index contributed by atoms with van der Waals surface area (Å²) in [4.78, 5) is 29.6. The Morgan fingerprint density at radius 3 is 2.79 bits per heavy atom. The SMILES string of the molecule is O=C(Cn1cnc2c(cnn2-c2ccccc2)c1=O)Nc1cccc2nsnc12. The van der Waals surface area contributed by atoms with Gasteiger partial charge in [-0.3, -0.25) is 14.2 Å². The van der Waals surface area contributed by atoms with Gasteiger partial charge >= 0.3 is 0 Å². The normalized spacial score (nSPS) is 11.2. The van der Waals surface area contributed by atoms with E-state index in [0.717, 1.165) is 17.4 Å². The lowest BCUT2D eigenvalue weighted by atomic mass is 10.2. The Hall–Kier alpha value is -3.92. The van der Waals surface area contributed by atoms with Gasteiger partial charge in [0.05, 0.1) is 29.3 Å². The van der Waals surface area contributed by atoms with Gasteiger partial charge in [0.1, 0.15) is 29.3 Å². The van der Waals surface area contributed by atoms with Crippen molar-refractivity contribution in [3.8, 4) is 5.69 Å². The van der Waals surface area contributed by atoms with Crippen LogP contribution in [0.1, 0.15) is 0 Å². The predicted molar refractivity (Wildman–Crippen MR) is 109 cm³/mol. The number of hydrogen-bond donors (Lipinski definition) is 1. The monoisotopic (exact) mass is 403 g/mol. The molecule has 3 heterocycles. The molecule has 2 aromatic carbocycles. The predicted octanol–water partition coefficient (Wildman–Crippen LogP) is 2.23. The standard InChI is InChI=1S/C19H13N7O2S/c27-16(22-14-7-4-8-15-17(14)24-29-23-15)10-25-11-20-18-13(19(25)28)9-21-26(18)12-5-2-1-3-6-12/h1-9,11H,10H2,(H,22,27). The average molecular weight is 403 g/mol. The highest BCUT2D eigenvalue weighted by molar-refractivity contribution is 7.00. The van der Waals surface area contributed by atoms with Crippen molar-refractivity contribution in [1.82, 2.24) is 28.1 Å². The van der Waals surface area contributed by atoms with Crippen molar-refractivity contribution >= 4 is 45.4 Å². The van der Waals surface area contributed by atoms with E-state index in [2.05, 4.69) is 24.1 Å². The van der Waals surface area contributed by atoms with Crippen molar-refractivity contribution in [2.75, 3.05) is 5.32 Å². The number of aromatic nitrogens is 6. The van der Waals surface area contributed by atoms with Crippen molar-refractivity contribution < 1.29 is 4.79 Å². The highest BCUT2D eigenvalue weighted by atomic mass is 32.1. The molecule has 0 fully saturated rings. The topological polar surface area (TPSA) is 108 Å². The molecule has 0 aliphatic rings. The van der Waals surface area contributed by atoms with E-state index >= 15 is 0 Å². The van der Waals surface area contributed by atoms with E-state index in [1.807, 2.05) is 36.4 Å². The van der Waals surface area contributed by atoms with Gasteiger partial charge < -0.3 is 5.32 Å². The maximum atomic E-state index is 12.8. The second-order valence-corrected chi connectivity index (χ2v) is 6.82. The number of carbonyl (C=O) groups excluding carboxylic acids is 1. The van der Waals surface area contributed by atoms with E-state index in [1.54, 1.807) is 16.8 Å². The van der Waals surface area contributed by atoms with Gasteiger partial charge in [-0.15, -0.1) is 0 Å². The minimum Gasteiger partial charge on any atom is -0.323 e. The first-order valence-corrected chi connectivity index (χ1v) is 9.43. The molecular formula is C19H13N7O2S. The number of benzene rings is 2. The largest absolute Gasteiger partial charge is 0.323 e. The van der Waals surface area contributed by atoms with Crippen molar-refractivity contribution in [1.29, 1.82) is 0 Å². The third-order valence-corrected chi connectivity index (χ3v) is 4.97. The highest BCUT2D eigenvalue weighted by Gasteiger charge is 2.14. The fourth-order valence-corrected chi connectivity index (χ4v) is 3.62. The molecule has 5 aromatic rings. The molecule has 0 saturated heterocycles.